The van der Waals surface area contributed by atoms with Gasteiger partial charge in [-0.3, -0.25) is 9.59 Å². The molecule has 2 amide bonds. The number of hydrogen-bond acceptors (Lipinski definition) is 3. The summed E-state index contributed by atoms with van der Waals surface area (Å²) in [7, 11) is 0. The van der Waals surface area contributed by atoms with Crippen molar-refractivity contribution >= 4 is 24.4 Å². The topological polar surface area (TPSA) is 58.2 Å². The molecular formula is C20H29FN2O2S. The maximum atomic E-state index is 12.9. The summed E-state index contributed by atoms with van der Waals surface area (Å²) >= 11 is 4.36. The van der Waals surface area contributed by atoms with Gasteiger partial charge < -0.3 is 10.6 Å². The van der Waals surface area contributed by atoms with E-state index in [-0.39, 0.29) is 23.5 Å². The first-order valence-electron chi connectivity index (χ1n) is 9.37. The minimum absolute atomic E-state index is 0.105. The summed E-state index contributed by atoms with van der Waals surface area (Å²) in [6, 6.07) is 6.41. The summed E-state index contributed by atoms with van der Waals surface area (Å²) < 4.78 is 12.9. The van der Waals surface area contributed by atoms with Crippen LogP contribution in [0.2, 0.25) is 0 Å². The molecule has 0 aromatic heterocycles. The molecule has 1 aliphatic rings. The van der Waals surface area contributed by atoms with Crippen molar-refractivity contribution in [2.45, 2.75) is 63.2 Å². The highest BCUT2D eigenvalue weighted by Gasteiger charge is 2.43. The van der Waals surface area contributed by atoms with Gasteiger partial charge >= 0.3 is 0 Å². The highest BCUT2D eigenvalue weighted by molar-refractivity contribution is 7.81. The standard InChI is InChI=1S/C20H29FN2O2S/c1-14(2)17(26)18(24)23-20(11-3-4-12-20)19(25)22-13-5-6-15-7-9-16(21)10-8-15/h7-10,14,17,26H,3-6,11-13H2,1-2H3,(H,22,25)(H,23,24)/t17-/m0/s1. The minimum Gasteiger partial charge on any atom is -0.354 e. The van der Waals surface area contributed by atoms with E-state index in [4.69, 9.17) is 0 Å². The quantitative estimate of drug-likeness (QED) is 0.479. The number of aryl methyl sites for hydroxylation is 1. The number of carbonyl (C=O) groups excluding carboxylic acids is 2. The fourth-order valence-corrected chi connectivity index (χ4v) is 3.38. The van der Waals surface area contributed by atoms with Crippen molar-refractivity contribution in [2.24, 2.45) is 5.92 Å². The van der Waals surface area contributed by atoms with E-state index in [2.05, 4.69) is 23.3 Å². The van der Waals surface area contributed by atoms with Crippen molar-refractivity contribution < 1.29 is 14.0 Å². The molecular weight excluding hydrogens is 351 g/mol. The van der Waals surface area contributed by atoms with E-state index in [0.29, 0.717) is 19.4 Å². The monoisotopic (exact) mass is 380 g/mol. The second kappa shape index (κ2) is 9.40. The van der Waals surface area contributed by atoms with Crippen LogP contribution in [0.3, 0.4) is 0 Å². The molecule has 0 saturated heterocycles. The van der Waals surface area contributed by atoms with Crippen LogP contribution in [0.4, 0.5) is 4.39 Å². The molecule has 0 aliphatic heterocycles. The molecule has 1 aromatic carbocycles. The fraction of sp³-hybridized carbons (Fsp3) is 0.600. The molecule has 0 spiro atoms. The van der Waals surface area contributed by atoms with Crippen LogP contribution in [-0.2, 0) is 16.0 Å². The van der Waals surface area contributed by atoms with Crippen molar-refractivity contribution in [1.29, 1.82) is 0 Å². The lowest BCUT2D eigenvalue weighted by atomic mass is 9.95. The lowest BCUT2D eigenvalue weighted by Gasteiger charge is -2.31. The van der Waals surface area contributed by atoms with Gasteiger partial charge in [0.2, 0.25) is 11.8 Å². The van der Waals surface area contributed by atoms with Crippen LogP contribution < -0.4 is 10.6 Å². The summed E-state index contributed by atoms with van der Waals surface area (Å²) in [5.41, 5.74) is 0.238. The van der Waals surface area contributed by atoms with Gasteiger partial charge in [0.25, 0.3) is 0 Å². The molecule has 1 aliphatic carbocycles. The Morgan fingerprint density at radius 2 is 1.81 bits per heavy atom. The summed E-state index contributed by atoms with van der Waals surface area (Å²) in [5.74, 6) is -0.418. The Kier molecular flexibility index (Phi) is 7.50. The zero-order valence-corrected chi connectivity index (χ0v) is 16.4. The van der Waals surface area contributed by atoms with Gasteiger partial charge in [-0.2, -0.15) is 12.6 Å². The van der Waals surface area contributed by atoms with Gasteiger partial charge in [0, 0.05) is 6.54 Å². The van der Waals surface area contributed by atoms with Crippen molar-refractivity contribution in [1.82, 2.24) is 10.6 Å². The van der Waals surface area contributed by atoms with Gasteiger partial charge in [0.05, 0.1) is 5.25 Å². The van der Waals surface area contributed by atoms with Gasteiger partial charge in [-0.15, -0.1) is 0 Å². The zero-order valence-electron chi connectivity index (χ0n) is 15.6. The van der Waals surface area contributed by atoms with E-state index >= 15 is 0 Å². The van der Waals surface area contributed by atoms with E-state index in [1.165, 1.54) is 12.1 Å². The third kappa shape index (κ3) is 5.47. The molecule has 2 N–H and O–H groups in total. The molecule has 1 fully saturated rings. The highest BCUT2D eigenvalue weighted by Crippen LogP contribution is 2.30. The van der Waals surface area contributed by atoms with Crippen LogP contribution >= 0.6 is 12.6 Å². The van der Waals surface area contributed by atoms with Crippen molar-refractivity contribution in [3.63, 3.8) is 0 Å². The first-order valence-corrected chi connectivity index (χ1v) is 9.88. The molecule has 6 heteroatoms. The number of rotatable bonds is 8. The second-order valence-corrected chi connectivity index (χ2v) is 8.01. The van der Waals surface area contributed by atoms with E-state index in [9.17, 15) is 14.0 Å². The predicted octanol–water partition coefficient (Wildman–Crippen LogP) is 3.26. The lowest BCUT2D eigenvalue weighted by Crippen LogP contribution is -2.59. The Morgan fingerprint density at radius 3 is 2.38 bits per heavy atom. The minimum atomic E-state index is -0.803. The number of hydrogen-bond donors (Lipinski definition) is 3. The first-order chi connectivity index (χ1) is 12.3. The summed E-state index contributed by atoms with van der Waals surface area (Å²) in [4.78, 5) is 25.1. The van der Waals surface area contributed by atoms with E-state index < -0.39 is 10.8 Å². The number of carbonyl (C=O) groups is 2. The lowest BCUT2D eigenvalue weighted by molar-refractivity contribution is -0.133. The summed E-state index contributed by atoms with van der Waals surface area (Å²) in [6.45, 7) is 4.41. The van der Waals surface area contributed by atoms with Crippen LogP contribution in [0.5, 0.6) is 0 Å². The molecule has 26 heavy (non-hydrogen) atoms. The molecule has 0 unspecified atom stereocenters. The van der Waals surface area contributed by atoms with Gasteiger partial charge in [0.15, 0.2) is 0 Å². The van der Waals surface area contributed by atoms with Crippen LogP contribution in [0.25, 0.3) is 0 Å². The largest absolute Gasteiger partial charge is 0.354 e. The Morgan fingerprint density at radius 1 is 1.19 bits per heavy atom. The van der Waals surface area contributed by atoms with E-state index in [1.807, 2.05) is 13.8 Å². The number of amides is 2. The van der Waals surface area contributed by atoms with Crippen molar-refractivity contribution in [3.8, 4) is 0 Å². The van der Waals surface area contributed by atoms with E-state index in [1.54, 1.807) is 12.1 Å². The van der Waals surface area contributed by atoms with Crippen molar-refractivity contribution in [3.05, 3.63) is 35.6 Å². The molecule has 2 rings (SSSR count). The van der Waals surface area contributed by atoms with Crippen LogP contribution in [-0.4, -0.2) is 29.1 Å². The highest BCUT2D eigenvalue weighted by atomic mass is 32.1. The van der Waals surface area contributed by atoms with Crippen LogP contribution in [0.1, 0.15) is 51.5 Å². The Hall–Kier alpha value is -1.56. The SMILES string of the molecule is CC(C)[C@H](S)C(=O)NC1(C(=O)NCCCc2ccc(F)cc2)CCCC1. The van der Waals surface area contributed by atoms with Crippen LogP contribution in [0, 0.1) is 11.7 Å². The van der Waals surface area contributed by atoms with Gasteiger partial charge in [-0.25, -0.2) is 4.39 Å². The number of thiol groups is 1. The molecule has 0 radical (unpaired) electrons. The fourth-order valence-electron chi connectivity index (χ4n) is 3.31. The predicted molar refractivity (Wildman–Crippen MR) is 105 cm³/mol. The average Bonchev–Trinajstić information content (AvgIpc) is 3.09. The molecule has 1 aromatic rings. The van der Waals surface area contributed by atoms with Gasteiger partial charge in [-0.1, -0.05) is 38.8 Å². The van der Waals surface area contributed by atoms with Gasteiger partial charge in [-0.05, 0) is 49.3 Å². The molecule has 1 saturated carbocycles. The maximum Gasteiger partial charge on any atom is 0.245 e. The second-order valence-electron chi connectivity index (χ2n) is 7.45. The summed E-state index contributed by atoms with van der Waals surface area (Å²) in [6.07, 6.45) is 4.74. The Labute approximate surface area is 160 Å². The Bertz CT molecular complexity index is 613. The molecule has 144 valence electrons. The number of nitrogens with one attached hydrogen (secondary N) is 2. The maximum absolute atomic E-state index is 12.9. The van der Waals surface area contributed by atoms with Crippen molar-refractivity contribution in [2.75, 3.05) is 6.54 Å². The number of halogens is 1. The molecule has 0 heterocycles. The number of benzene rings is 1. The molecule has 4 nitrogen and oxygen atoms in total. The third-order valence-corrected chi connectivity index (χ3v) is 5.83. The normalized spacial score (nSPS) is 17.1. The van der Waals surface area contributed by atoms with Gasteiger partial charge in [0.1, 0.15) is 11.4 Å². The third-order valence-electron chi connectivity index (χ3n) is 5.00. The first kappa shape index (κ1) is 20.7. The average molecular weight is 381 g/mol. The molecule has 1 atom stereocenters. The zero-order chi connectivity index (χ0) is 19.2. The van der Waals surface area contributed by atoms with Crippen LogP contribution in [0.15, 0.2) is 24.3 Å². The summed E-state index contributed by atoms with van der Waals surface area (Å²) in [5, 5.41) is 5.52. The Balaban J connectivity index is 1.85. The smallest absolute Gasteiger partial charge is 0.245 e. The molecule has 0 bridgehead atoms. The van der Waals surface area contributed by atoms with E-state index in [0.717, 1.165) is 31.2 Å².